The van der Waals surface area contributed by atoms with E-state index in [-0.39, 0.29) is 0 Å². The van der Waals surface area contributed by atoms with E-state index in [1.807, 2.05) is 0 Å². The molecular weight excluding hydrogens is 687 g/mol. The van der Waals surface area contributed by atoms with E-state index in [9.17, 15) is 0 Å². The van der Waals surface area contributed by atoms with Gasteiger partial charge in [0.15, 0.2) is 0 Å². The highest BCUT2D eigenvalue weighted by atomic mass is 15.0. The maximum absolute atomic E-state index is 2.68. The summed E-state index contributed by atoms with van der Waals surface area (Å²) in [5, 5.41) is 13.1. The normalized spacial score (nSPS) is 16.7. The van der Waals surface area contributed by atoms with Crippen molar-refractivity contribution in [3.8, 4) is 11.1 Å². The summed E-state index contributed by atoms with van der Waals surface area (Å²) in [6.45, 7) is 0. The molecule has 12 rings (SSSR count). The fourth-order valence-electron chi connectivity index (χ4n) is 10.6. The first-order valence-electron chi connectivity index (χ1n) is 20.7. The van der Waals surface area contributed by atoms with E-state index >= 15 is 0 Å². The number of aromatic nitrogens is 1. The van der Waals surface area contributed by atoms with Gasteiger partial charge >= 0.3 is 0 Å². The SMILES string of the molecule is C1=CC(c2ccc(C3=c4ccccc4=C(n4c5ccccc5c5c6c7ccccc7c(-c7ccccc7)cc6c6ccccc6c54)C4=CCCCC43)cc2)=CCC1. The van der Waals surface area contributed by atoms with Crippen molar-refractivity contribution in [1.29, 1.82) is 0 Å². The van der Waals surface area contributed by atoms with Crippen LogP contribution >= 0.6 is 0 Å². The summed E-state index contributed by atoms with van der Waals surface area (Å²) >= 11 is 0. The first-order valence-corrected chi connectivity index (χ1v) is 20.7. The number of benzene rings is 8. The number of rotatable bonds is 4. The minimum Gasteiger partial charge on any atom is -0.308 e. The third kappa shape index (κ3) is 4.88. The second kappa shape index (κ2) is 12.9. The summed E-state index contributed by atoms with van der Waals surface area (Å²) in [4.78, 5) is 0. The van der Waals surface area contributed by atoms with Gasteiger partial charge in [-0.1, -0.05) is 170 Å². The molecule has 0 spiro atoms. The average Bonchev–Trinajstić information content (AvgIpc) is 3.63. The smallest absolute Gasteiger partial charge is 0.0626 e. The van der Waals surface area contributed by atoms with Crippen LogP contribution in [0.3, 0.4) is 0 Å². The minimum absolute atomic E-state index is 0.306. The minimum atomic E-state index is 0.306. The molecule has 1 heteroatoms. The topological polar surface area (TPSA) is 4.93 Å². The molecule has 0 aliphatic heterocycles. The number of fused-ring (bicyclic) bond motifs is 12. The number of allylic oxidation sites excluding steroid dienone is 6. The van der Waals surface area contributed by atoms with Gasteiger partial charge in [-0.15, -0.1) is 0 Å². The molecule has 3 aliphatic rings. The second-order valence-corrected chi connectivity index (χ2v) is 16.0. The molecule has 0 bridgehead atoms. The first-order chi connectivity index (χ1) is 28.3. The maximum atomic E-state index is 2.68. The van der Waals surface area contributed by atoms with Gasteiger partial charge in [0.1, 0.15) is 0 Å². The molecule has 0 saturated heterocycles. The molecule has 8 aromatic carbocycles. The fraction of sp³-hybridized carbons (Fsp3) is 0.107. The lowest BCUT2D eigenvalue weighted by Gasteiger charge is -2.33. The summed E-state index contributed by atoms with van der Waals surface area (Å²) in [6.07, 6.45) is 15.2. The van der Waals surface area contributed by atoms with Gasteiger partial charge in [0.05, 0.1) is 16.7 Å². The van der Waals surface area contributed by atoms with Crippen molar-refractivity contribution in [2.75, 3.05) is 0 Å². The van der Waals surface area contributed by atoms with E-state index in [2.05, 4.69) is 187 Å². The molecule has 0 amide bonds. The van der Waals surface area contributed by atoms with Crippen molar-refractivity contribution in [2.45, 2.75) is 32.1 Å². The van der Waals surface area contributed by atoms with E-state index in [0.29, 0.717) is 5.92 Å². The maximum Gasteiger partial charge on any atom is 0.0626 e. The van der Waals surface area contributed by atoms with Crippen molar-refractivity contribution in [3.05, 3.63) is 209 Å². The Balaban J connectivity index is 1.24. The number of para-hydroxylation sites is 1. The Labute approximate surface area is 332 Å². The summed E-state index contributed by atoms with van der Waals surface area (Å²) < 4.78 is 2.68. The van der Waals surface area contributed by atoms with E-state index in [1.54, 1.807) is 0 Å². The third-order valence-electron chi connectivity index (χ3n) is 13.0. The predicted octanol–water partition coefficient (Wildman–Crippen LogP) is 13.3. The molecule has 0 radical (unpaired) electrons. The van der Waals surface area contributed by atoms with Crippen molar-refractivity contribution in [2.24, 2.45) is 5.92 Å². The van der Waals surface area contributed by atoms with Crippen LogP contribution in [-0.4, -0.2) is 4.57 Å². The van der Waals surface area contributed by atoms with Gasteiger partial charge in [0.25, 0.3) is 0 Å². The van der Waals surface area contributed by atoms with Crippen LogP contribution in [-0.2, 0) is 0 Å². The van der Waals surface area contributed by atoms with E-state index in [4.69, 9.17) is 0 Å². The Morgan fingerprint density at radius 1 is 0.474 bits per heavy atom. The number of hydrogen-bond acceptors (Lipinski definition) is 0. The zero-order valence-electron chi connectivity index (χ0n) is 31.9. The monoisotopic (exact) mass is 727 g/mol. The Morgan fingerprint density at radius 3 is 1.96 bits per heavy atom. The summed E-state index contributed by atoms with van der Waals surface area (Å²) in [7, 11) is 0. The molecule has 1 aromatic heterocycles. The van der Waals surface area contributed by atoms with Crippen LogP contribution in [0.2, 0.25) is 0 Å². The zero-order chi connectivity index (χ0) is 37.5. The lowest BCUT2D eigenvalue weighted by atomic mass is 9.74. The van der Waals surface area contributed by atoms with E-state index < -0.39 is 0 Å². The van der Waals surface area contributed by atoms with E-state index in [0.717, 1.165) is 25.7 Å². The number of nitrogens with zero attached hydrogens (tertiary/aromatic N) is 1. The van der Waals surface area contributed by atoms with Crippen LogP contribution in [0.4, 0.5) is 0 Å². The van der Waals surface area contributed by atoms with Crippen LogP contribution in [0.25, 0.3) is 82.1 Å². The zero-order valence-corrected chi connectivity index (χ0v) is 31.9. The Morgan fingerprint density at radius 2 is 1.16 bits per heavy atom. The van der Waals surface area contributed by atoms with Crippen molar-refractivity contribution < 1.29 is 0 Å². The molecule has 0 N–H and O–H groups in total. The summed E-state index contributed by atoms with van der Waals surface area (Å²) in [5.41, 5.74) is 13.3. The summed E-state index contributed by atoms with van der Waals surface area (Å²) in [5.74, 6) is 0.306. The third-order valence-corrected chi connectivity index (χ3v) is 13.0. The standard InChI is InChI=1S/C56H41N/c1-3-17-36(18-4-1)37-31-33-39(34-32-37)52-43-24-10-13-27-46(43)55(47-28-14-11-25-44(47)52)57-51-30-16-15-29-48(51)54-53-42-23-9-7-21-40(42)49(38-19-5-2-6-20-38)35-50(53)41-22-8-12-26-45(41)56(54)57/h2-3,5-10,12-13,15-24,26-35,44H,1,4,11,14,25H2. The molecule has 9 aromatic rings. The molecule has 3 aliphatic carbocycles. The molecule has 57 heavy (non-hydrogen) atoms. The molecule has 1 unspecified atom stereocenters. The van der Waals surface area contributed by atoms with Crippen molar-refractivity contribution in [3.63, 3.8) is 0 Å². The van der Waals surface area contributed by atoms with Gasteiger partial charge in [-0.3, -0.25) is 0 Å². The highest BCUT2D eigenvalue weighted by molar-refractivity contribution is 6.38. The quantitative estimate of drug-likeness (QED) is 0.159. The van der Waals surface area contributed by atoms with E-state index in [1.165, 1.54) is 116 Å². The highest BCUT2D eigenvalue weighted by Gasteiger charge is 2.33. The Bertz CT molecular complexity index is 3350. The van der Waals surface area contributed by atoms with Gasteiger partial charge in [0.2, 0.25) is 0 Å². The Kier molecular flexibility index (Phi) is 7.38. The molecular formula is C56H41N. The van der Waals surface area contributed by atoms with Crippen molar-refractivity contribution in [1.82, 2.24) is 4.57 Å². The average molecular weight is 728 g/mol. The second-order valence-electron chi connectivity index (χ2n) is 16.0. The fourth-order valence-corrected chi connectivity index (χ4v) is 10.6. The van der Waals surface area contributed by atoms with Crippen LogP contribution in [0.15, 0.2) is 188 Å². The molecule has 270 valence electrons. The predicted molar refractivity (Wildman–Crippen MR) is 243 cm³/mol. The van der Waals surface area contributed by atoms with Crippen LogP contribution in [0.5, 0.6) is 0 Å². The Hall–Kier alpha value is -6.70. The molecule has 1 atom stereocenters. The van der Waals surface area contributed by atoms with Crippen LogP contribution in [0, 0.1) is 5.92 Å². The molecule has 0 fully saturated rings. The lowest BCUT2D eigenvalue weighted by Crippen LogP contribution is -2.39. The number of hydrogen-bond donors (Lipinski definition) is 0. The summed E-state index contributed by atoms with van der Waals surface area (Å²) in [6, 6.07) is 59.5. The lowest BCUT2D eigenvalue weighted by molar-refractivity contribution is 0.615. The molecule has 0 saturated carbocycles. The van der Waals surface area contributed by atoms with Gasteiger partial charge in [-0.2, -0.15) is 0 Å². The van der Waals surface area contributed by atoms with Gasteiger partial charge in [0, 0.05) is 32.7 Å². The van der Waals surface area contributed by atoms with Crippen molar-refractivity contribution >= 4 is 71.0 Å². The highest BCUT2D eigenvalue weighted by Crippen LogP contribution is 2.49. The van der Waals surface area contributed by atoms with Crippen LogP contribution in [0.1, 0.15) is 43.2 Å². The van der Waals surface area contributed by atoms with Gasteiger partial charge < -0.3 is 4.57 Å². The van der Waals surface area contributed by atoms with Crippen LogP contribution < -0.4 is 10.4 Å². The van der Waals surface area contributed by atoms with Gasteiger partial charge in [-0.05, 0) is 110 Å². The molecule has 1 nitrogen and oxygen atoms in total. The van der Waals surface area contributed by atoms with Gasteiger partial charge in [-0.25, -0.2) is 0 Å². The molecule has 1 heterocycles. The first kappa shape index (κ1) is 32.5. The largest absolute Gasteiger partial charge is 0.308 e.